The average molecular weight is 537 g/mol. The van der Waals surface area contributed by atoms with Crippen molar-refractivity contribution in [3.05, 3.63) is 108 Å². The summed E-state index contributed by atoms with van der Waals surface area (Å²) in [5.41, 5.74) is 0.218. The second-order valence-corrected chi connectivity index (χ2v) is 9.58. The molecule has 0 aliphatic carbocycles. The Hall–Kier alpha value is -4.40. The molecule has 0 saturated heterocycles. The fourth-order valence-electron chi connectivity index (χ4n) is 4.01. The standard InChI is InChI=1S/C30H27F3N2O4/c1-29(2,28(37)38)39-24-12-6-8-20(18-24)9-7-17-35-19-25(21-10-4-3-5-11-21)34-27(35)26(36)22-13-15-23(16-14-22)30(31,32)33/h3-6,8,10-16,18-19H,7,9,17H2,1-2H3,(H,37,38). The number of benzene rings is 3. The van der Waals surface area contributed by atoms with Crippen molar-refractivity contribution in [2.24, 2.45) is 0 Å². The van der Waals surface area contributed by atoms with Gasteiger partial charge in [-0.15, -0.1) is 0 Å². The fourth-order valence-corrected chi connectivity index (χ4v) is 4.01. The molecule has 4 rings (SSSR count). The molecule has 0 aliphatic heterocycles. The summed E-state index contributed by atoms with van der Waals surface area (Å²) in [6.45, 7) is 3.37. The third-order valence-electron chi connectivity index (χ3n) is 6.17. The third-order valence-corrected chi connectivity index (χ3v) is 6.17. The number of nitrogens with zero attached hydrogens (tertiary/aromatic N) is 2. The van der Waals surface area contributed by atoms with E-state index in [2.05, 4.69) is 4.98 Å². The van der Waals surface area contributed by atoms with Gasteiger partial charge in [0, 0.05) is 23.9 Å². The summed E-state index contributed by atoms with van der Waals surface area (Å²) in [7, 11) is 0. The van der Waals surface area contributed by atoms with Crippen LogP contribution in [0.15, 0.2) is 85.1 Å². The SMILES string of the molecule is CC(C)(Oc1cccc(CCCn2cc(-c3ccccc3)nc2C(=O)c2ccc(C(F)(F)F)cc2)c1)C(=O)O. The molecular weight excluding hydrogens is 509 g/mol. The zero-order valence-electron chi connectivity index (χ0n) is 21.4. The lowest BCUT2D eigenvalue weighted by Gasteiger charge is -2.21. The van der Waals surface area contributed by atoms with E-state index >= 15 is 0 Å². The predicted molar refractivity (Wildman–Crippen MR) is 140 cm³/mol. The van der Waals surface area contributed by atoms with E-state index in [1.54, 1.807) is 29.0 Å². The van der Waals surface area contributed by atoms with Gasteiger partial charge < -0.3 is 14.4 Å². The molecule has 0 aliphatic rings. The molecule has 4 aromatic rings. The number of ketones is 1. The Labute approximate surface area is 223 Å². The Morgan fingerprint density at radius 3 is 2.28 bits per heavy atom. The Kier molecular flexibility index (Phi) is 7.90. The van der Waals surface area contributed by atoms with Gasteiger partial charge in [0.2, 0.25) is 5.78 Å². The van der Waals surface area contributed by atoms with Gasteiger partial charge in [-0.05, 0) is 56.5 Å². The summed E-state index contributed by atoms with van der Waals surface area (Å²) in [5.74, 6) is -0.981. The minimum Gasteiger partial charge on any atom is -0.478 e. The smallest absolute Gasteiger partial charge is 0.416 e. The Morgan fingerprint density at radius 1 is 0.949 bits per heavy atom. The Morgan fingerprint density at radius 2 is 1.64 bits per heavy atom. The van der Waals surface area contributed by atoms with Crippen LogP contribution < -0.4 is 4.74 Å². The molecule has 0 spiro atoms. The monoisotopic (exact) mass is 536 g/mol. The van der Waals surface area contributed by atoms with Crippen molar-refractivity contribution < 1.29 is 32.6 Å². The average Bonchev–Trinajstić information content (AvgIpc) is 3.32. The summed E-state index contributed by atoms with van der Waals surface area (Å²) in [4.78, 5) is 29.2. The van der Waals surface area contributed by atoms with E-state index in [-0.39, 0.29) is 11.4 Å². The third kappa shape index (κ3) is 6.73. The van der Waals surface area contributed by atoms with Crippen molar-refractivity contribution in [3.63, 3.8) is 0 Å². The van der Waals surface area contributed by atoms with Crippen LogP contribution in [-0.2, 0) is 23.9 Å². The van der Waals surface area contributed by atoms with Gasteiger partial charge in [-0.25, -0.2) is 9.78 Å². The Balaban J connectivity index is 1.54. The van der Waals surface area contributed by atoms with Crippen LogP contribution in [0.2, 0.25) is 0 Å². The minimum absolute atomic E-state index is 0.111. The highest BCUT2D eigenvalue weighted by atomic mass is 19.4. The molecule has 6 nitrogen and oxygen atoms in total. The number of halogens is 3. The van der Waals surface area contributed by atoms with Gasteiger partial charge in [-0.1, -0.05) is 54.6 Å². The van der Waals surface area contributed by atoms with Crippen LogP contribution in [0.1, 0.15) is 47.6 Å². The minimum atomic E-state index is -4.49. The molecule has 202 valence electrons. The maximum atomic E-state index is 13.3. The van der Waals surface area contributed by atoms with Crippen LogP contribution in [0, 0.1) is 0 Å². The summed E-state index contributed by atoms with van der Waals surface area (Å²) in [6, 6.07) is 20.6. The van der Waals surface area contributed by atoms with Crippen LogP contribution in [0.5, 0.6) is 5.75 Å². The highest BCUT2D eigenvalue weighted by Crippen LogP contribution is 2.30. The van der Waals surface area contributed by atoms with Crippen molar-refractivity contribution in [3.8, 4) is 17.0 Å². The van der Waals surface area contributed by atoms with Crippen LogP contribution in [0.3, 0.4) is 0 Å². The molecule has 0 unspecified atom stereocenters. The number of aromatic nitrogens is 2. The normalized spacial score (nSPS) is 11.8. The number of ether oxygens (including phenoxy) is 1. The van der Waals surface area contributed by atoms with Gasteiger partial charge in [0.25, 0.3) is 0 Å². The van der Waals surface area contributed by atoms with Crippen LogP contribution in [0.4, 0.5) is 13.2 Å². The number of carboxylic acid groups (broad SMARTS) is 1. The maximum Gasteiger partial charge on any atom is 0.416 e. The fraction of sp³-hybridized carbons (Fsp3) is 0.233. The van der Waals surface area contributed by atoms with E-state index in [0.717, 1.165) is 35.4 Å². The second-order valence-electron chi connectivity index (χ2n) is 9.58. The molecule has 3 aromatic carbocycles. The summed E-state index contributed by atoms with van der Waals surface area (Å²) in [5, 5.41) is 9.31. The number of alkyl halides is 3. The van der Waals surface area contributed by atoms with Crippen LogP contribution >= 0.6 is 0 Å². The van der Waals surface area contributed by atoms with Crippen molar-refractivity contribution in [1.29, 1.82) is 0 Å². The van der Waals surface area contributed by atoms with E-state index in [4.69, 9.17) is 4.74 Å². The van der Waals surface area contributed by atoms with Gasteiger partial charge in [0.1, 0.15) is 5.75 Å². The number of aliphatic carboxylic acids is 1. The Bertz CT molecular complexity index is 1460. The van der Waals surface area contributed by atoms with Crippen molar-refractivity contribution in [2.45, 2.75) is 45.0 Å². The lowest BCUT2D eigenvalue weighted by molar-refractivity contribution is -0.152. The predicted octanol–water partition coefficient (Wildman–Crippen LogP) is 6.67. The molecule has 0 atom stereocenters. The topological polar surface area (TPSA) is 81.4 Å². The molecule has 1 aromatic heterocycles. The van der Waals surface area contributed by atoms with E-state index in [9.17, 15) is 27.9 Å². The number of imidazole rings is 1. The largest absolute Gasteiger partial charge is 0.478 e. The maximum absolute atomic E-state index is 13.3. The number of carbonyl (C=O) groups is 2. The number of hydrogen-bond acceptors (Lipinski definition) is 4. The van der Waals surface area contributed by atoms with Crippen molar-refractivity contribution in [1.82, 2.24) is 9.55 Å². The van der Waals surface area contributed by atoms with Crippen molar-refractivity contribution in [2.75, 3.05) is 0 Å². The first-order valence-corrected chi connectivity index (χ1v) is 12.3. The lowest BCUT2D eigenvalue weighted by Crippen LogP contribution is -2.37. The van der Waals surface area contributed by atoms with Gasteiger partial charge in [-0.2, -0.15) is 13.2 Å². The highest BCUT2D eigenvalue weighted by molar-refractivity contribution is 6.07. The second kappa shape index (κ2) is 11.1. The highest BCUT2D eigenvalue weighted by Gasteiger charge is 2.31. The first-order chi connectivity index (χ1) is 18.4. The van der Waals surface area contributed by atoms with Gasteiger partial charge in [0.15, 0.2) is 11.4 Å². The molecule has 0 amide bonds. The molecule has 1 heterocycles. The summed E-state index contributed by atoms with van der Waals surface area (Å²) < 4.78 is 46.3. The van der Waals surface area contributed by atoms with Gasteiger partial charge >= 0.3 is 12.1 Å². The molecular formula is C30H27F3N2O4. The molecule has 0 bridgehead atoms. The number of hydrogen-bond donors (Lipinski definition) is 1. The van der Waals surface area contributed by atoms with E-state index < -0.39 is 29.1 Å². The number of aryl methyl sites for hydroxylation is 2. The van der Waals surface area contributed by atoms with Crippen molar-refractivity contribution >= 4 is 11.8 Å². The quantitative estimate of drug-likeness (QED) is 0.229. The van der Waals surface area contributed by atoms with E-state index in [1.165, 1.54) is 13.8 Å². The molecule has 39 heavy (non-hydrogen) atoms. The molecule has 0 radical (unpaired) electrons. The number of rotatable bonds is 10. The zero-order valence-corrected chi connectivity index (χ0v) is 21.4. The zero-order chi connectivity index (χ0) is 28.2. The summed E-state index contributed by atoms with van der Waals surface area (Å²) in [6.07, 6.45) is -1.51. The van der Waals surface area contributed by atoms with E-state index in [0.29, 0.717) is 30.8 Å². The number of carboxylic acids is 1. The van der Waals surface area contributed by atoms with Gasteiger partial charge in [-0.3, -0.25) is 4.79 Å². The van der Waals surface area contributed by atoms with Crippen LogP contribution in [0.25, 0.3) is 11.3 Å². The molecule has 0 saturated carbocycles. The molecule has 0 fully saturated rings. The lowest BCUT2D eigenvalue weighted by atomic mass is 10.1. The first-order valence-electron chi connectivity index (χ1n) is 12.3. The first kappa shape index (κ1) is 27.6. The van der Waals surface area contributed by atoms with E-state index in [1.807, 2.05) is 36.4 Å². The number of carbonyl (C=O) groups excluding carboxylic acids is 1. The molecule has 1 N–H and O–H groups in total. The van der Waals surface area contributed by atoms with Gasteiger partial charge in [0.05, 0.1) is 11.3 Å². The summed E-state index contributed by atoms with van der Waals surface area (Å²) >= 11 is 0. The van der Waals surface area contributed by atoms with Crippen LogP contribution in [-0.4, -0.2) is 32.0 Å². The molecule has 9 heteroatoms.